The van der Waals surface area contributed by atoms with E-state index in [-0.39, 0.29) is 0 Å². The van der Waals surface area contributed by atoms with Gasteiger partial charge in [-0.2, -0.15) is 0 Å². The van der Waals surface area contributed by atoms with E-state index in [2.05, 4.69) is 59.9 Å². The molecular weight excluding hydrogens is 252 g/mol. The van der Waals surface area contributed by atoms with Crippen molar-refractivity contribution in [2.24, 2.45) is 0 Å². The van der Waals surface area contributed by atoms with E-state index in [9.17, 15) is 0 Å². The van der Waals surface area contributed by atoms with Crippen LogP contribution in [0.5, 0.6) is 0 Å². The number of aryl methyl sites for hydroxylation is 1. The van der Waals surface area contributed by atoms with Crippen molar-refractivity contribution in [1.82, 2.24) is 4.98 Å². The molecule has 0 atom stereocenters. The molecule has 1 aromatic carbocycles. The number of aromatic nitrogens is 1. The Labute approximate surface area is 117 Å². The Hall–Kier alpha value is -2.13. The average molecular weight is 266 g/mol. The summed E-state index contributed by atoms with van der Waals surface area (Å²) in [5.41, 5.74) is 4.45. The van der Waals surface area contributed by atoms with Gasteiger partial charge in [0.15, 0.2) is 0 Å². The molecule has 1 aliphatic heterocycles. The quantitative estimate of drug-likeness (QED) is 0.801. The molecule has 3 rings (SSSR count). The standard InChI is InChI=1S/C16H14N2S/c1-12-3-7-15(8-4-12)18-11-14(6-5-13(18)2)16-17-9-10-19-16/h3-11H,2H2,1H3. The lowest BCUT2D eigenvalue weighted by Gasteiger charge is -2.25. The van der Waals surface area contributed by atoms with E-state index >= 15 is 0 Å². The fraction of sp³-hybridized carbons (Fsp3) is 0.0625. The molecule has 0 bridgehead atoms. The molecule has 0 N–H and O–H groups in total. The summed E-state index contributed by atoms with van der Waals surface area (Å²) in [4.78, 5) is 6.44. The summed E-state index contributed by atoms with van der Waals surface area (Å²) in [7, 11) is 0. The highest BCUT2D eigenvalue weighted by Crippen LogP contribution is 2.29. The van der Waals surface area contributed by atoms with Gasteiger partial charge in [0.05, 0.1) is 0 Å². The molecule has 2 nitrogen and oxygen atoms in total. The highest BCUT2D eigenvalue weighted by molar-refractivity contribution is 7.10. The van der Waals surface area contributed by atoms with E-state index < -0.39 is 0 Å². The third-order valence-electron chi connectivity index (χ3n) is 3.02. The van der Waals surface area contributed by atoms with Crippen LogP contribution in [-0.4, -0.2) is 4.98 Å². The molecule has 0 aliphatic carbocycles. The first-order chi connectivity index (χ1) is 9.24. The van der Waals surface area contributed by atoms with Gasteiger partial charge in [-0.1, -0.05) is 24.3 Å². The second-order valence-corrected chi connectivity index (χ2v) is 5.35. The number of nitrogens with zero attached hydrogens (tertiary/aromatic N) is 2. The zero-order valence-corrected chi connectivity index (χ0v) is 11.5. The molecular formula is C16H14N2S. The Morgan fingerprint density at radius 1 is 1.16 bits per heavy atom. The minimum Gasteiger partial charge on any atom is -0.317 e. The summed E-state index contributed by atoms with van der Waals surface area (Å²) in [6, 6.07) is 8.43. The highest BCUT2D eigenvalue weighted by Gasteiger charge is 2.13. The summed E-state index contributed by atoms with van der Waals surface area (Å²) in [5.74, 6) is 0. The third kappa shape index (κ3) is 2.37. The predicted molar refractivity (Wildman–Crippen MR) is 82.0 cm³/mol. The first-order valence-corrected chi connectivity index (χ1v) is 6.96. The van der Waals surface area contributed by atoms with Gasteiger partial charge in [-0.3, -0.25) is 0 Å². The Bertz CT molecular complexity index is 649. The first-order valence-electron chi connectivity index (χ1n) is 6.08. The lowest BCUT2D eigenvalue weighted by Crippen LogP contribution is -2.16. The number of thiazole rings is 1. The van der Waals surface area contributed by atoms with Gasteiger partial charge in [-0.25, -0.2) is 4.98 Å². The van der Waals surface area contributed by atoms with Gasteiger partial charge in [0, 0.05) is 34.7 Å². The van der Waals surface area contributed by atoms with Crippen LogP contribution in [-0.2, 0) is 0 Å². The molecule has 0 amide bonds. The summed E-state index contributed by atoms with van der Waals surface area (Å²) < 4.78 is 0. The molecule has 2 aromatic rings. The van der Waals surface area contributed by atoms with Gasteiger partial charge in [0.1, 0.15) is 5.01 Å². The van der Waals surface area contributed by atoms with Gasteiger partial charge >= 0.3 is 0 Å². The maximum absolute atomic E-state index is 4.35. The zero-order valence-electron chi connectivity index (χ0n) is 10.7. The van der Waals surface area contributed by atoms with Crippen LogP contribution in [0.2, 0.25) is 0 Å². The first kappa shape index (κ1) is 11.9. The summed E-state index contributed by atoms with van der Waals surface area (Å²) in [5, 5.41) is 3.02. The van der Waals surface area contributed by atoms with E-state index in [1.54, 1.807) is 11.3 Å². The molecule has 3 heteroatoms. The van der Waals surface area contributed by atoms with Crippen molar-refractivity contribution in [3.63, 3.8) is 0 Å². The SMILES string of the molecule is C=C1C=CC(c2nccs2)=CN1c1ccc(C)cc1. The minimum absolute atomic E-state index is 0.962. The van der Waals surface area contributed by atoms with Gasteiger partial charge in [0.2, 0.25) is 0 Å². The predicted octanol–water partition coefficient (Wildman–Crippen LogP) is 4.38. The summed E-state index contributed by atoms with van der Waals surface area (Å²) in [6.45, 7) is 6.18. The fourth-order valence-corrected chi connectivity index (χ4v) is 2.60. The van der Waals surface area contributed by atoms with Crippen molar-refractivity contribution in [2.45, 2.75) is 6.92 Å². The van der Waals surface area contributed by atoms with Crippen molar-refractivity contribution in [1.29, 1.82) is 0 Å². The van der Waals surface area contributed by atoms with Crippen LogP contribution in [0.3, 0.4) is 0 Å². The van der Waals surface area contributed by atoms with Crippen molar-refractivity contribution >= 4 is 22.6 Å². The number of anilines is 1. The lowest BCUT2D eigenvalue weighted by molar-refractivity contribution is 1.19. The second kappa shape index (κ2) is 4.86. The average Bonchev–Trinajstić information content (AvgIpc) is 2.94. The molecule has 0 spiro atoms. The maximum atomic E-state index is 4.35. The maximum Gasteiger partial charge on any atom is 0.124 e. The molecule has 94 valence electrons. The Morgan fingerprint density at radius 3 is 2.63 bits per heavy atom. The Morgan fingerprint density at radius 2 is 1.95 bits per heavy atom. The minimum atomic E-state index is 0.962. The molecule has 0 saturated heterocycles. The van der Waals surface area contributed by atoms with Crippen LogP contribution in [0.25, 0.3) is 5.57 Å². The van der Waals surface area contributed by atoms with Crippen molar-refractivity contribution in [2.75, 3.05) is 4.90 Å². The monoisotopic (exact) mass is 266 g/mol. The molecule has 1 aliphatic rings. The van der Waals surface area contributed by atoms with E-state index in [0.29, 0.717) is 0 Å². The van der Waals surface area contributed by atoms with Gasteiger partial charge < -0.3 is 4.90 Å². The van der Waals surface area contributed by atoms with Gasteiger partial charge in [0.25, 0.3) is 0 Å². The van der Waals surface area contributed by atoms with Crippen LogP contribution in [0, 0.1) is 6.92 Å². The van der Waals surface area contributed by atoms with Crippen molar-refractivity contribution in [3.05, 3.63) is 77.0 Å². The zero-order chi connectivity index (χ0) is 13.2. The van der Waals surface area contributed by atoms with Crippen molar-refractivity contribution < 1.29 is 0 Å². The van der Waals surface area contributed by atoms with E-state index in [1.165, 1.54) is 5.56 Å². The molecule has 19 heavy (non-hydrogen) atoms. The Balaban J connectivity index is 1.98. The topological polar surface area (TPSA) is 16.1 Å². The largest absolute Gasteiger partial charge is 0.317 e. The summed E-state index contributed by atoms with van der Waals surface area (Å²) in [6.07, 6.45) is 8.00. The van der Waals surface area contributed by atoms with Crippen LogP contribution in [0.1, 0.15) is 10.6 Å². The molecule has 2 heterocycles. The normalized spacial score (nSPS) is 14.7. The van der Waals surface area contributed by atoms with E-state index in [0.717, 1.165) is 22.0 Å². The number of hydrogen-bond donors (Lipinski definition) is 0. The third-order valence-corrected chi connectivity index (χ3v) is 3.85. The number of benzene rings is 1. The number of allylic oxidation sites excluding steroid dienone is 3. The van der Waals surface area contributed by atoms with Crippen LogP contribution >= 0.6 is 11.3 Å². The fourth-order valence-electron chi connectivity index (χ4n) is 1.97. The van der Waals surface area contributed by atoms with Gasteiger partial charge in [-0.05, 0) is 31.2 Å². The molecule has 0 saturated carbocycles. The van der Waals surface area contributed by atoms with Crippen LogP contribution < -0.4 is 4.90 Å². The molecule has 0 unspecified atom stereocenters. The smallest absolute Gasteiger partial charge is 0.124 e. The van der Waals surface area contributed by atoms with E-state index in [1.807, 2.05) is 17.7 Å². The molecule has 0 radical (unpaired) electrons. The van der Waals surface area contributed by atoms with Gasteiger partial charge in [-0.15, -0.1) is 11.3 Å². The Kier molecular flexibility index (Phi) is 3.05. The lowest BCUT2D eigenvalue weighted by atomic mass is 10.1. The molecule has 1 aromatic heterocycles. The second-order valence-electron chi connectivity index (χ2n) is 4.45. The van der Waals surface area contributed by atoms with E-state index in [4.69, 9.17) is 0 Å². The number of rotatable bonds is 2. The summed E-state index contributed by atoms with van der Waals surface area (Å²) >= 11 is 1.64. The highest BCUT2D eigenvalue weighted by atomic mass is 32.1. The number of hydrogen-bond acceptors (Lipinski definition) is 3. The van der Waals surface area contributed by atoms with Crippen LogP contribution in [0.15, 0.2) is 66.5 Å². The van der Waals surface area contributed by atoms with Crippen LogP contribution in [0.4, 0.5) is 5.69 Å². The molecule has 0 fully saturated rings. The van der Waals surface area contributed by atoms with Crippen molar-refractivity contribution in [3.8, 4) is 0 Å².